The van der Waals surface area contributed by atoms with Crippen LogP contribution in [0.15, 0.2) is 18.3 Å². The zero-order chi connectivity index (χ0) is 10.1. The number of rotatable bonds is 2. The first-order chi connectivity index (χ1) is 6.68. The molecule has 2 heterocycles. The van der Waals surface area contributed by atoms with Gasteiger partial charge in [-0.25, -0.2) is 4.79 Å². The maximum Gasteiger partial charge on any atom is 0.356 e. The minimum atomic E-state index is -1.07. The van der Waals surface area contributed by atoms with E-state index in [2.05, 4.69) is 10.3 Å². The minimum Gasteiger partial charge on any atom is -0.476 e. The van der Waals surface area contributed by atoms with Crippen molar-refractivity contribution in [3.8, 4) is 5.00 Å². The molecule has 0 aliphatic heterocycles. The summed E-state index contributed by atoms with van der Waals surface area (Å²) in [4.78, 5) is 10.7. The topological polar surface area (TPSA) is 68.0 Å². The number of carbonyl (C=O) groups is 1. The van der Waals surface area contributed by atoms with Gasteiger partial charge in [0.1, 0.15) is 5.00 Å². The predicted molar refractivity (Wildman–Crippen MR) is 51.2 cm³/mol. The molecule has 2 aromatic heterocycles. The van der Waals surface area contributed by atoms with Crippen molar-refractivity contribution in [2.75, 3.05) is 0 Å². The molecule has 2 rings (SSSR count). The summed E-state index contributed by atoms with van der Waals surface area (Å²) in [5, 5.41) is 16.6. The van der Waals surface area contributed by atoms with Crippen LogP contribution in [-0.2, 0) is 0 Å². The van der Waals surface area contributed by atoms with Crippen LogP contribution >= 0.6 is 22.9 Å². The Labute approximate surface area is 87.5 Å². The maximum absolute atomic E-state index is 10.7. The SMILES string of the molecule is O=C(O)c1cnnn1-c1ccc(Cl)s1. The Bertz CT molecular complexity index is 479. The zero-order valence-electron chi connectivity index (χ0n) is 6.72. The van der Waals surface area contributed by atoms with Gasteiger partial charge in [0.2, 0.25) is 0 Å². The highest BCUT2D eigenvalue weighted by molar-refractivity contribution is 7.18. The first-order valence-electron chi connectivity index (χ1n) is 3.58. The summed E-state index contributed by atoms with van der Waals surface area (Å²) in [5.74, 6) is -1.07. The van der Waals surface area contributed by atoms with Gasteiger partial charge in [-0.1, -0.05) is 16.8 Å². The van der Waals surface area contributed by atoms with E-state index in [9.17, 15) is 4.79 Å². The number of hydrogen-bond acceptors (Lipinski definition) is 4. The van der Waals surface area contributed by atoms with Crippen molar-refractivity contribution in [1.29, 1.82) is 0 Å². The third-order valence-electron chi connectivity index (χ3n) is 1.54. The Morgan fingerprint density at radius 1 is 1.57 bits per heavy atom. The molecule has 7 heteroatoms. The van der Waals surface area contributed by atoms with Crippen LogP contribution in [0.3, 0.4) is 0 Å². The minimum absolute atomic E-state index is 0.0171. The lowest BCUT2D eigenvalue weighted by molar-refractivity contribution is 0.0687. The Kier molecular flexibility index (Phi) is 2.22. The molecule has 0 aromatic carbocycles. The Morgan fingerprint density at radius 2 is 2.36 bits per heavy atom. The summed E-state index contributed by atoms with van der Waals surface area (Å²) >= 11 is 6.96. The van der Waals surface area contributed by atoms with E-state index >= 15 is 0 Å². The normalized spacial score (nSPS) is 10.4. The number of aromatic nitrogens is 3. The van der Waals surface area contributed by atoms with E-state index in [1.54, 1.807) is 12.1 Å². The second kappa shape index (κ2) is 3.39. The molecule has 0 aliphatic carbocycles. The van der Waals surface area contributed by atoms with Gasteiger partial charge in [0.15, 0.2) is 5.69 Å². The second-order valence-electron chi connectivity index (χ2n) is 2.41. The van der Waals surface area contributed by atoms with Crippen LogP contribution in [0.25, 0.3) is 5.00 Å². The summed E-state index contributed by atoms with van der Waals surface area (Å²) in [6.07, 6.45) is 1.19. The molecule has 0 radical (unpaired) electrons. The number of hydrogen-bond donors (Lipinski definition) is 1. The Hall–Kier alpha value is -1.40. The highest BCUT2D eigenvalue weighted by atomic mass is 35.5. The smallest absolute Gasteiger partial charge is 0.356 e. The molecule has 1 N–H and O–H groups in total. The van der Waals surface area contributed by atoms with Gasteiger partial charge in [0, 0.05) is 0 Å². The molecule has 0 fully saturated rings. The van der Waals surface area contributed by atoms with Crippen molar-refractivity contribution in [3.05, 3.63) is 28.4 Å². The van der Waals surface area contributed by atoms with Crippen molar-refractivity contribution in [1.82, 2.24) is 15.0 Å². The molecular weight excluding hydrogens is 226 g/mol. The molecule has 72 valence electrons. The molecule has 14 heavy (non-hydrogen) atoms. The second-order valence-corrected chi connectivity index (χ2v) is 4.11. The molecule has 5 nitrogen and oxygen atoms in total. The summed E-state index contributed by atoms with van der Waals surface area (Å²) in [7, 11) is 0. The summed E-state index contributed by atoms with van der Waals surface area (Å²) < 4.78 is 1.81. The molecule has 0 saturated heterocycles. The number of carboxylic acid groups (broad SMARTS) is 1. The number of aromatic carboxylic acids is 1. The molecule has 0 spiro atoms. The molecule has 0 aliphatic rings. The molecule has 2 aromatic rings. The van der Waals surface area contributed by atoms with Crippen molar-refractivity contribution in [2.45, 2.75) is 0 Å². The molecule has 0 saturated carbocycles. The van der Waals surface area contributed by atoms with Crippen LogP contribution in [0.2, 0.25) is 4.34 Å². The van der Waals surface area contributed by atoms with E-state index in [0.717, 1.165) is 0 Å². The van der Waals surface area contributed by atoms with Crippen molar-refractivity contribution >= 4 is 28.9 Å². The van der Waals surface area contributed by atoms with Crippen LogP contribution in [0.4, 0.5) is 0 Å². The number of thiophene rings is 1. The highest BCUT2D eigenvalue weighted by Crippen LogP contribution is 2.24. The van der Waals surface area contributed by atoms with E-state index in [-0.39, 0.29) is 5.69 Å². The van der Waals surface area contributed by atoms with Gasteiger partial charge in [-0.3, -0.25) is 0 Å². The van der Waals surface area contributed by atoms with Gasteiger partial charge in [0.05, 0.1) is 10.5 Å². The molecule has 0 amide bonds. The van der Waals surface area contributed by atoms with Crippen molar-refractivity contribution in [2.24, 2.45) is 0 Å². The molecule has 0 bridgehead atoms. The monoisotopic (exact) mass is 229 g/mol. The first-order valence-corrected chi connectivity index (χ1v) is 4.77. The van der Waals surface area contributed by atoms with Crippen LogP contribution in [0, 0.1) is 0 Å². The standard InChI is InChI=1S/C7H4ClN3O2S/c8-5-1-2-6(14-5)11-4(7(12)13)3-9-10-11/h1-3H,(H,12,13). The lowest BCUT2D eigenvalue weighted by atomic mass is 10.5. The van der Waals surface area contributed by atoms with Crippen LogP contribution in [0.5, 0.6) is 0 Å². The quantitative estimate of drug-likeness (QED) is 0.851. The van der Waals surface area contributed by atoms with Crippen molar-refractivity contribution < 1.29 is 9.90 Å². The van der Waals surface area contributed by atoms with E-state index in [1.807, 2.05) is 0 Å². The van der Waals surface area contributed by atoms with E-state index in [0.29, 0.717) is 9.34 Å². The van der Waals surface area contributed by atoms with Crippen LogP contribution in [0.1, 0.15) is 10.5 Å². The predicted octanol–water partition coefficient (Wildman–Crippen LogP) is 1.68. The lowest BCUT2D eigenvalue weighted by Crippen LogP contribution is -2.06. The number of carboxylic acids is 1. The fourth-order valence-corrected chi connectivity index (χ4v) is 1.96. The fourth-order valence-electron chi connectivity index (χ4n) is 0.962. The fraction of sp³-hybridized carbons (Fsp3) is 0. The average molecular weight is 230 g/mol. The van der Waals surface area contributed by atoms with Crippen LogP contribution in [-0.4, -0.2) is 26.1 Å². The van der Waals surface area contributed by atoms with Gasteiger partial charge in [0.25, 0.3) is 0 Å². The van der Waals surface area contributed by atoms with Gasteiger partial charge in [-0.05, 0) is 12.1 Å². The average Bonchev–Trinajstić information content (AvgIpc) is 2.70. The number of halogens is 1. The van der Waals surface area contributed by atoms with E-state index in [1.165, 1.54) is 22.2 Å². The summed E-state index contributed by atoms with van der Waals surface area (Å²) in [6, 6.07) is 3.36. The summed E-state index contributed by atoms with van der Waals surface area (Å²) in [5.41, 5.74) is 0.0171. The molecular formula is C7H4ClN3O2S. The zero-order valence-corrected chi connectivity index (χ0v) is 8.29. The Morgan fingerprint density at radius 3 is 2.93 bits per heavy atom. The highest BCUT2D eigenvalue weighted by Gasteiger charge is 2.13. The molecule has 0 unspecified atom stereocenters. The molecule has 0 atom stereocenters. The van der Waals surface area contributed by atoms with E-state index < -0.39 is 5.97 Å². The first kappa shape index (κ1) is 9.17. The third-order valence-corrected chi connectivity index (χ3v) is 2.74. The number of nitrogens with zero attached hydrogens (tertiary/aromatic N) is 3. The van der Waals surface area contributed by atoms with Gasteiger partial charge in [-0.2, -0.15) is 4.68 Å². The Balaban J connectivity index is 2.51. The van der Waals surface area contributed by atoms with Gasteiger partial charge >= 0.3 is 5.97 Å². The van der Waals surface area contributed by atoms with E-state index in [4.69, 9.17) is 16.7 Å². The largest absolute Gasteiger partial charge is 0.476 e. The third kappa shape index (κ3) is 1.49. The van der Waals surface area contributed by atoms with Crippen molar-refractivity contribution in [3.63, 3.8) is 0 Å². The van der Waals surface area contributed by atoms with Crippen LogP contribution < -0.4 is 0 Å². The van der Waals surface area contributed by atoms with Gasteiger partial charge in [-0.15, -0.1) is 16.4 Å². The maximum atomic E-state index is 10.7. The summed E-state index contributed by atoms with van der Waals surface area (Å²) in [6.45, 7) is 0. The van der Waals surface area contributed by atoms with Gasteiger partial charge < -0.3 is 5.11 Å². The lowest BCUT2D eigenvalue weighted by Gasteiger charge is -1.96.